The quantitative estimate of drug-likeness (QED) is 0.848. The number of pyridine rings is 1. The highest BCUT2D eigenvalue weighted by Gasteiger charge is 2.30. The molecule has 0 bridgehead atoms. The van der Waals surface area contributed by atoms with Crippen molar-refractivity contribution in [3.05, 3.63) is 45.9 Å². The molecule has 23 heavy (non-hydrogen) atoms. The summed E-state index contributed by atoms with van der Waals surface area (Å²) in [5, 5.41) is 0. The van der Waals surface area contributed by atoms with Gasteiger partial charge in [0.1, 0.15) is 0 Å². The summed E-state index contributed by atoms with van der Waals surface area (Å²) < 4.78 is 27.2. The fraction of sp³-hybridized carbons (Fsp3) is 0.438. The topological polar surface area (TPSA) is 53.5 Å². The highest BCUT2D eigenvalue weighted by Crippen LogP contribution is 2.28. The number of rotatable bonds is 4. The second-order valence-corrected chi connectivity index (χ2v) is 9.18. The smallest absolute Gasteiger partial charge is 0.244 e. The van der Waals surface area contributed by atoms with Gasteiger partial charge in [-0.05, 0) is 37.6 Å². The van der Waals surface area contributed by atoms with Crippen LogP contribution in [0.4, 0.5) is 0 Å². The molecule has 7 heteroatoms. The molecule has 0 aliphatic carbocycles. The minimum atomic E-state index is -3.36. The van der Waals surface area contributed by atoms with Crippen LogP contribution in [-0.4, -0.2) is 48.8 Å². The standard InChI is InChI=1S/C16H21N3O2S2/c1-13-11-16(14(2)22-13)23(20,21)19-9-7-18(8-10-19)12-15-3-5-17-6-4-15/h3-6,11H,7-10,12H2,1-2H3. The second-order valence-electron chi connectivity index (χ2n) is 5.81. The van der Waals surface area contributed by atoms with Gasteiger partial charge in [0.25, 0.3) is 0 Å². The summed E-state index contributed by atoms with van der Waals surface area (Å²) >= 11 is 1.54. The summed E-state index contributed by atoms with van der Waals surface area (Å²) in [7, 11) is -3.36. The van der Waals surface area contributed by atoms with Crippen molar-refractivity contribution in [3.8, 4) is 0 Å². The van der Waals surface area contributed by atoms with Crippen molar-refractivity contribution in [2.75, 3.05) is 26.2 Å². The van der Waals surface area contributed by atoms with Gasteiger partial charge in [0.2, 0.25) is 10.0 Å². The SMILES string of the molecule is Cc1cc(S(=O)(=O)N2CCN(Cc3ccncc3)CC2)c(C)s1. The summed E-state index contributed by atoms with van der Waals surface area (Å²) in [5.74, 6) is 0. The average molecular weight is 351 g/mol. The monoisotopic (exact) mass is 351 g/mol. The van der Waals surface area contributed by atoms with Gasteiger partial charge in [-0.3, -0.25) is 9.88 Å². The Balaban J connectivity index is 1.65. The van der Waals surface area contributed by atoms with Crippen LogP contribution < -0.4 is 0 Å². The van der Waals surface area contributed by atoms with Crippen molar-refractivity contribution in [2.45, 2.75) is 25.3 Å². The average Bonchev–Trinajstić information content (AvgIpc) is 2.88. The fourth-order valence-electron chi connectivity index (χ4n) is 2.88. The van der Waals surface area contributed by atoms with E-state index in [0.717, 1.165) is 29.4 Å². The number of thiophene rings is 1. The van der Waals surface area contributed by atoms with Crippen LogP contribution in [0.25, 0.3) is 0 Å². The lowest BCUT2D eigenvalue weighted by Crippen LogP contribution is -2.48. The molecule has 0 spiro atoms. The molecule has 0 atom stereocenters. The van der Waals surface area contributed by atoms with Crippen LogP contribution in [0.2, 0.25) is 0 Å². The van der Waals surface area contributed by atoms with Gasteiger partial charge in [0, 0.05) is 54.9 Å². The van der Waals surface area contributed by atoms with Crippen molar-refractivity contribution in [1.29, 1.82) is 0 Å². The first-order chi connectivity index (χ1) is 11.0. The van der Waals surface area contributed by atoms with Crippen LogP contribution in [0.15, 0.2) is 35.5 Å². The lowest BCUT2D eigenvalue weighted by atomic mass is 10.2. The van der Waals surface area contributed by atoms with Crippen molar-refractivity contribution >= 4 is 21.4 Å². The Morgan fingerprint density at radius 2 is 1.78 bits per heavy atom. The maximum Gasteiger partial charge on any atom is 0.244 e. The molecule has 0 saturated carbocycles. The van der Waals surface area contributed by atoms with Crippen molar-refractivity contribution < 1.29 is 8.42 Å². The van der Waals surface area contributed by atoms with Crippen LogP contribution in [0.5, 0.6) is 0 Å². The van der Waals surface area contributed by atoms with E-state index in [0.29, 0.717) is 18.0 Å². The molecule has 1 aliphatic rings. The first kappa shape index (κ1) is 16.6. The van der Waals surface area contributed by atoms with E-state index >= 15 is 0 Å². The molecule has 0 aromatic carbocycles. The Kier molecular flexibility index (Phi) is 4.82. The zero-order valence-corrected chi connectivity index (χ0v) is 15.0. The van der Waals surface area contributed by atoms with Crippen LogP contribution in [0, 0.1) is 13.8 Å². The number of aromatic nitrogens is 1. The first-order valence-corrected chi connectivity index (χ1v) is 9.91. The zero-order valence-electron chi connectivity index (χ0n) is 13.4. The van der Waals surface area contributed by atoms with E-state index < -0.39 is 10.0 Å². The Morgan fingerprint density at radius 1 is 1.13 bits per heavy atom. The third-order valence-corrected chi connectivity index (χ3v) is 7.22. The van der Waals surface area contributed by atoms with Crippen LogP contribution >= 0.6 is 11.3 Å². The number of sulfonamides is 1. The molecule has 2 aromatic rings. The first-order valence-electron chi connectivity index (χ1n) is 7.65. The summed E-state index contributed by atoms with van der Waals surface area (Å²) in [6, 6.07) is 5.79. The number of aryl methyl sites for hydroxylation is 2. The van der Waals surface area contributed by atoms with Gasteiger partial charge in [0.15, 0.2) is 0 Å². The molecule has 0 N–H and O–H groups in total. The summed E-state index contributed by atoms with van der Waals surface area (Å²) in [4.78, 5) is 8.70. The van der Waals surface area contributed by atoms with Crippen molar-refractivity contribution in [3.63, 3.8) is 0 Å². The highest BCUT2D eigenvalue weighted by molar-refractivity contribution is 7.89. The van der Waals surface area contributed by atoms with E-state index in [9.17, 15) is 8.42 Å². The summed E-state index contributed by atoms with van der Waals surface area (Å²) in [6.07, 6.45) is 3.58. The molecule has 3 heterocycles. The molecule has 2 aromatic heterocycles. The van der Waals surface area contributed by atoms with E-state index in [2.05, 4.69) is 9.88 Å². The van der Waals surface area contributed by atoms with Gasteiger partial charge in [0.05, 0.1) is 4.90 Å². The maximum atomic E-state index is 12.8. The van der Waals surface area contributed by atoms with E-state index in [1.807, 2.05) is 26.0 Å². The van der Waals surface area contributed by atoms with Gasteiger partial charge < -0.3 is 0 Å². The van der Waals surface area contributed by atoms with E-state index in [1.165, 1.54) is 5.56 Å². The third kappa shape index (κ3) is 3.63. The Bertz CT molecular complexity index is 764. The van der Waals surface area contributed by atoms with Gasteiger partial charge in [-0.15, -0.1) is 11.3 Å². The molecule has 1 saturated heterocycles. The van der Waals surface area contributed by atoms with Gasteiger partial charge >= 0.3 is 0 Å². The van der Waals surface area contributed by atoms with Gasteiger partial charge in [-0.2, -0.15) is 4.31 Å². The predicted molar refractivity (Wildman–Crippen MR) is 92.1 cm³/mol. The van der Waals surface area contributed by atoms with Crippen molar-refractivity contribution in [2.24, 2.45) is 0 Å². The van der Waals surface area contributed by atoms with Crippen LogP contribution in [0.3, 0.4) is 0 Å². The van der Waals surface area contributed by atoms with Gasteiger partial charge in [-0.25, -0.2) is 8.42 Å². The molecular weight excluding hydrogens is 330 g/mol. The van der Waals surface area contributed by atoms with Crippen LogP contribution in [0.1, 0.15) is 15.3 Å². The molecule has 0 radical (unpaired) electrons. The highest BCUT2D eigenvalue weighted by atomic mass is 32.2. The molecule has 1 fully saturated rings. The summed E-state index contributed by atoms with van der Waals surface area (Å²) in [5.41, 5.74) is 1.21. The number of piperazine rings is 1. The molecule has 5 nitrogen and oxygen atoms in total. The molecule has 124 valence electrons. The normalized spacial score (nSPS) is 17.5. The van der Waals surface area contributed by atoms with Crippen molar-refractivity contribution in [1.82, 2.24) is 14.2 Å². The predicted octanol–water partition coefficient (Wildman–Crippen LogP) is 2.27. The Hall–Kier alpha value is -1.28. The largest absolute Gasteiger partial charge is 0.296 e. The number of hydrogen-bond acceptors (Lipinski definition) is 5. The Morgan fingerprint density at radius 3 is 2.35 bits per heavy atom. The van der Waals surface area contributed by atoms with E-state index in [-0.39, 0.29) is 0 Å². The fourth-order valence-corrected chi connectivity index (χ4v) is 5.82. The lowest BCUT2D eigenvalue weighted by molar-refractivity contribution is 0.181. The molecule has 0 amide bonds. The maximum absolute atomic E-state index is 12.8. The second kappa shape index (κ2) is 6.68. The van der Waals surface area contributed by atoms with Crippen LogP contribution in [-0.2, 0) is 16.6 Å². The summed E-state index contributed by atoms with van der Waals surface area (Å²) in [6.45, 7) is 7.26. The zero-order chi connectivity index (χ0) is 16.4. The lowest BCUT2D eigenvalue weighted by Gasteiger charge is -2.33. The minimum Gasteiger partial charge on any atom is -0.296 e. The third-order valence-electron chi connectivity index (χ3n) is 4.10. The molecule has 1 aliphatic heterocycles. The minimum absolute atomic E-state index is 0.475. The van der Waals surface area contributed by atoms with E-state index in [4.69, 9.17) is 0 Å². The van der Waals surface area contributed by atoms with Gasteiger partial charge in [-0.1, -0.05) is 0 Å². The molecule has 3 rings (SSSR count). The van der Waals surface area contributed by atoms with E-state index in [1.54, 1.807) is 34.1 Å². The Labute approximate surface area is 141 Å². The number of nitrogens with zero attached hydrogens (tertiary/aromatic N) is 3. The molecule has 0 unspecified atom stereocenters. The number of hydrogen-bond donors (Lipinski definition) is 0. The molecular formula is C16H21N3O2S2.